The number of nitrogens with one attached hydrogen (secondary N) is 1. The van der Waals surface area contributed by atoms with Crippen LogP contribution in [0.15, 0.2) is 48.5 Å². The molecule has 0 radical (unpaired) electrons. The molecule has 0 spiro atoms. The summed E-state index contributed by atoms with van der Waals surface area (Å²) in [5.74, 6) is 1.78. The summed E-state index contributed by atoms with van der Waals surface area (Å²) in [5.41, 5.74) is 2.09. The molecule has 2 aromatic carbocycles. The maximum Gasteiger partial charge on any atom is 0.258 e. The topological polar surface area (TPSA) is 56.8 Å². The molecule has 1 aliphatic rings. The fourth-order valence-electron chi connectivity index (χ4n) is 2.78. The van der Waals surface area contributed by atoms with Gasteiger partial charge in [0.15, 0.2) is 6.61 Å². The largest absolute Gasteiger partial charge is 0.493 e. The van der Waals surface area contributed by atoms with Gasteiger partial charge in [-0.2, -0.15) is 0 Å². The van der Waals surface area contributed by atoms with Crippen molar-refractivity contribution < 1.29 is 19.0 Å². The molecule has 138 valence electrons. The second-order valence-electron chi connectivity index (χ2n) is 6.53. The summed E-state index contributed by atoms with van der Waals surface area (Å²) in [7, 11) is 0. The normalized spacial score (nSPS) is 16.3. The Labute approximate surface area is 154 Å². The molecular formula is C21H25NO4. The number of hydrogen-bond acceptors (Lipinski definition) is 4. The fourth-order valence-corrected chi connectivity index (χ4v) is 2.78. The summed E-state index contributed by atoms with van der Waals surface area (Å²) in [5, 5.41) is 2.89. The number of aryl methyl sites for hydroxylation is 1. The molecule has 1 atom stereocenters. The molecule has 3 rings (SSSR count). The third-order valence-corrected chi connectivity index (χ3v) is 4.31. The summed E-state index contributed by atoms with van der Waals surface area (Å²) in [6.07, 6.45) is 1.04. The number of para-hydroxylation sites is 1. The molecule has 1 saturated heterocycles. The molecule has 5 nitrogen and oxygen atoms in total. The maximum atomic E-state index is 12.0. The summed E-state index contributed by atoms with van der Waals surface area (Å²) in [4.78, 5) is 12.0. The molecule has 1 unspecified atom stereocenters. The van der Waals surface area contributed by atoms with Crippen molar-refractivity contribution in [2.45, 2.75) is 19.9 Å². The highest BCUT2D eigenvalue weighted by molar-refractivity contribution is 5.77. The summed E-state index contributed by atoms with van der Waals surface area (Å²) in [6, 6.07) is 15.3. The van der Waals surface area contributed by atoms with E-state index in [1.165, 1.54) is 0 Å². The summed E-state index contributed by atoms with van der Waals surface area (Å²) < 4.78 is 16.9. The Morgan fingerprint density at radius 1 is 1.19 bits per heavy atom. The maximum absolute atomic E-state index is 12.0. The standard InChI is InChI=1S/C21H25NO4/c1-16-7-8-18(20(11-16)26-14-17-9-10-24-13-17)12-22-21(23)15-25-19-5-3-2-4-6-19/h2-8,11,17H,9-10,12-15H2,1H3,(H,22,23). The first-order valence-corrected chi connectivity index (χ1v) is 8.95. The average molecular weight is 355 g/mol. The van der Waals surface area contributed by atoms with Gasteiger partial charge in [0, 0.05) is 24.6 Å². The lowest BCUT2D eigenvalue weighted by molar-refractivity contribution is -0.123. The van der Waals surface area contributed by atoms with Gasteiger partial charge in [-0.25, -0.2) is 0 Å². The zero-order valence-corrected chi connectivity index (χ0v) is 15.1. The van der Waals surface area contributed by atoms with E-state index < -0.39 is 0 Å². The first kappa shape index (κ1) is 18.3. The molecule has 0 aliphatic carbocycles. The van der Waals surface area contributed by atoms with Gasteiger partial charge in [0.2, 0.25) is 0 Å². The number of rotatable bonds is 8. The molecule has 1 N–H and O–H groups in total. The molecule has 1 fully saturated rings. The van der Waals surface area contributed by atoms with Gasteiger partial charge in [0.05, 0.1) is 13.2 Å². The van der Waals surface area contributed by atoms with Crippen LogP contribution in [0.2, 0.25) is 0 Å². The van der Waals surface area contributed by atoms with Crippen molar-refractivity contribution in [3.63, 3.8) is 0 Å². The highest BCUT2D eigenvalue weighted by Gasteiger charge is 2.17. The van der Waals surface area contributed by atoms with Crippen molar-refractivity contribution in [1.82, 2.24) is 5.32 Å². The monoisotopic (exact) mass is 355 g/mol. The number of carbonyl (C=O) groups is 1. The van der Waals surface area contributed by atoms with E-state index in [0.717, 1.165) is 36.5 Å². The van der Waals surface area contributed by atoms with E-state index in [0.29, 0.717) is 24.8 Å². The first-order chi connectivity index (χ1) is 12.7. The van der Waals surface area contributed by atoms with Crippen molar-refractivity contribution >= 4 is 5.91 Å². The van der Waals surface area contributed by atoms with Crippen LogP contribution in [0.5, 0.6) is 11.5 Å². The van der Waals surface area contributed by atoms with Gasteiger partial charge in [-0.05, 0) is 37.1 Å². The fraction of sp³-hybridized carbons (Fsp3) is 0.381. The quantitative estimate of drug-likeness (QED) is 0.790. The molecule has 26 heavy (non-hydrogen) atoms. The molecule has 1 amide bonds. The Kier molecular flexibility index (Phi) is 6.50. The number of benzene rings is 2. The molecule has 0 saturated carbocycles. The van der Waals surface area contributed by atoms with Crippen molar-refractivity contribution in [1.29, 1.82) is 0 Å². The highest BCUT2D eigenvalue weighted by atomic mass is 16.5. The molecule has 5 heteroatoms. The Morgan fingerprint density at radius 3 is 2.81 bits per heavy atom. The molecule has 2 aromatic rings. The van der Waals surface area contributed by atoms with E-state index in [9.17, 15) is 4.79 Å². The zero-order valence-electron chi connectivity index (χ0n) is 15.1. The average Bonchev–Trinajstić information content (AvgIpc) is 3.18. The van der Waals surface area contributed by atoms with Crippen molar-refractivity contribution in [3.8, 4) is 11.5 Å². The lowest BCUT2D eigenvalue weighted by Crippen LogP contribution is -2.28. The van der Waals surface area contributed by atoms with Crippen molar-refractivity contribution in [3.05, 3.63) is 59.7 Å². The van der Waals surface area contributed by atoms with E-state index >= 15 is 0 Å². The van der Waals surface area contributed by atoms with Gasteiger partial charge in [0.1, 0.15) is 11.5 Å². The van der Waals surface area contributed by atoms with Crippen LogP contribution in [0.4, 0.5) is 0 Å². The lowest BCUT2D eigenvalue weighted by atomic mass is 10.1. The number of carbonyl (C=O) groups excluding carboxylic acids is 1. The number of ether oxygens (including phenoxy) is 3. The van der Waals surface area contributed by atoms with E-state index in [1.54, 1.807) is 0 Å². The van der Waals surface area contributed by atoms with Crippen LogP contribution in [0.25, 0.3) is 0 Å². The van der Waals surface area contributed by atoms with E-state index in [2.05, 4.69) is 5.32 Å². The lowest BCUT2D eigenvalue weighted by Gasteiger charge is -2.15. The minimum atomic E-state index is -0.162. The van der Waals surface area contributed by atoms with Crippen molar-refractivity contribution in [2.24, 2.45) is 5.92 Å². The van der Waals surface area contributed by atoms with Crippen LogP contribution in [0.1, 0.15) is 17.5 Å². The van der Waals surface area contributed by atoms with Gasteiger partial charge in [0.25, 0.3) is 5.91 Å². The van der Waals surface area contributed by atoms with Gasteiger partial charge >= 0.3 is 0 Å². The Morgan fingerprint density at radius 2 is 2.04 bits per heavy atom. The molecule has 1 heterocycles. The second-order valence-corrected chi connectivity index (χ2v) is 6.53. The van der Waals surface area contributed by atoms with E-state index in [4.69, 9.17) is 14.2 Å². The van der Waals surface area contributed by atoms with E-state index in [-0.39, 0.29) is 12.5 Å². The van der Waals surface area contributed by atoms with Gasteiger partial charge in [-0.15, -0.1) is 0 Å². The number of hydrogen-bond donors (Lipinski definition) is 1. The highest BCUT2D eigenvalue weighted by Crippen LogP contribution is 2.22. The van der Waals surface area contributed by atoms with Crippen LogP contribution in [0, 0.1) is 12.8 Å². The van der Waals surface area contributed by atoms with Crippen LogP contribution in [-0.2, 0) is 16.1 Å². The SMILES string of the molecule is Cc1ccc(CNC(=O)COc2ccccc2)c(OCC2CCOC2)c1. The van der Waals surface area contributed by atoms with Gasteiger partial charge in [-0.1, -0.05) is 30.3 Å². The van der Waals surface area contributed by atoms with Crippen molar-refractivity contribution in [2.75, 3.05) is 26.4 Å². The predicted octanol–water partition coefficient (Wildman–Crippen LogP) is 3.11. The van der Waals surface area contributed by atoms with Gasteiger partial charge < -0.3 is 19.5 Å². The molecule has 0 aromatic heterocycles. The van der Waals surface area contributed by atoms with Crippen LogP contribution in [-0.4, -0.2) is 32.3 Å². The third-order valence-electron chi connectivity index (χ3n) is 4.31. The Balaban J connectivity index is 1.50. The van der Waals surface area contributed by atoms with Crippen LogP contribution >= 0.6 is 0 Å². The predicted molar refractivity (Wildman–Crippen MR) is 99.4 cm³/mol. The molecule has 1 aliphatic heterocycles. The van der Waals surface area contributed by atoms with Crippen LogP contribution in [0.3, 0.4) is 0 Å². The zero-order chi connectivity index (χ0) is 18.2. The second kappa shape index (κ2) is 9.25. The molecular weight excluding hydrogens is 330 g/mol. The van der Waals surface area contributed by atoms with Gasteiger partial charge in [-0.3, -0.25) is 4.79 Å². The summed E-state index contributed by atoms with van der Waals surface area (Å²) >= 11 is 0. The number of amides is 1. The minimum absolute atomic E-state index is 0.00845. The Hall–Kier alpha value is -2.53. The summed E-state index contributed by atoms with van der Waals surface area (Å²) in [6.45, 7) is 4.64. The third kappa shape index (κ3) is 5.49. The van der Waals surface area contributed by atoms with Crippen LogP contribution < -0.4 is 14.8 Å². The smallest absolute Gasteiger partial charge is 0.258 e. The Bertz CT molecular complexity index is 711. The first-order valence-electron chi connectivity index (χ1n) is 8.95. The van der Waals surface area contributed by atoms with E-state index in [1.807, 2.05) is 55.5 Å². The minimum Gasteiger partial charge on any atom is -0.493 e. The molecule has 0 bridgehead atoms.